The van der Waals surface area contributed by atoms with Gasteiger partial charge in [0.1, 0.15) is 11.0 Å². The molecule has 1 rings (SSSR count). The van der Waals surface area contributed by atoms with Crippen molar-refractivity contribution < 1.29 is 4.21 Å². The lowest BCUT2D eigenvalue weighted by molar-refractivity contribution is 0.651. The molecule has 0 amide bonds. The van der Waals surface area contributed by atoms with Gasteiger partial charge in [-0.3, -0.25) is 0 Å². The maximum Gasteiger partial charge on any atom is 0.144 e. The third-order valence-electron chi connectivity index (χ3n) is 1.36. The lowest BCUT2D eigenvalue weighted by Gasteiger charge is -2.12. The van der Waals surface area contributed by atoms with Gasteiger partial charge in [-0.25, -0.2) is 4.21 Å². The Labute approximate surface area is 85.3 Å². The number of nitrogens with zero attached hydrogens (tertiary/aromatic N) is 1. The fourth-order valence-corrected chi connectivity index (χ4v) is 1.76. The van der Waals surface area contributed by atoms with Crippen molar-refractivity contribution in [1.29, 1.82) is 0 Å². The van der Waals surface area contributed by atoms with E-state index >= 15 is 0 Å². The van der Waals surface area contributed by atoms with Gasteiger partial charge in [-0.05, 0) is 37.6 Å². The molecule has 0 unspecified atom stereocenters. The summed E-state index contributed by atoms with van der Waals surface area (Å²) in [7, 11) is -1.15. The van der Waals surface area contributed by atoms with Gasteiger partial charge in [0.05, 0.1) is 4.75 Å². The summed E-state index contributed by atoms with van der Waals surface area (Å²) in [6.07, 6.45) is 1.66. The Kier molecular flexibility index (Phi) is 3.39. The predicted molar refractivity (Wildman–Crippen MR) is 59.8 cm³/mol. The summed E-state index contributed by atoms with van der Waals surface area (Å²) in [4.78, 5) is 0. The van der Waals surface area contributed by atoms with E-state index in [1.54, 1.807) is 17.6 Å². The third kappa shape index (κ3) is 3.40. The average molecular weight is 215 g/mol. The van der Waals surface area contributed by atoms with E-state index in [9.17, 15) is 4.21 Å². The zero-order valence-corrected chi connectivity index (χ0v) is 9.61. The predicted octanol–water partition coefficient (Wildman–Crippen LogP) is 2.63. The molecule has 0 saturated carbocycles. The van der Waals surface area contributed by atoms with Crippen LogP contribution < -0.4 is 0 Å². The first-order chi connectivity index (χ1) is 6.00. The maximum atomic E-state index is 11.5. The molecule has 0 aliphatic carbocycles. The molecule has 0 aromatic carbocycles. The molecule has 1 atom stereocenters. The number of hydrogen-bond donors (Lipinski definition) is 0. The molecule has 0 aliphatic heterocycles. The third-order valence-corrected chi connectivity index (χ3v) is 3.41. The molecule has 0 aliphatic rings. The first kappa shape index (κ1) is 10.6. The van der Waals surface area contributed by atoms with Crippen molar-refractivity contribution in [2.75, 3.05) is 0 Å². The standard InChI is InChI=1S/C9H13NOS2/c1-9(2,3)13(11)10-6-8-4-5-12-7-8/h4-7H,1-3H3/t13-/m1/s1. The van der Waals surface area contributed by atoms with Crippen molar-refractivity contribution in [3.05, 3.63) is 22.4 Å². The van der Waals surface area contributed by atoms with E-state index in [-0.39, 0.29) is 4.75 Å². The highest BCUT2D eigenvalue weighted by molar-refractivity contribution is 7.85. The minimum absolute atomic E-state index is 0.271. The highest BCUT2D eigenvalue weighted by atomic mass is 32.2. The summed E-state index contributed by atoms with van der Waals surface area (Å²) >= 11 is 1.61. The molecule has 0 fully saturated rings. The van der Waals surface area contributed by atoms with Gasteiger partial charge in [0, 0.05) is 11.8 Å². The molecule has 0 N–H and O–H groups in total. The molecule has 2 nitrogen and oxygen atoms in total. The van der Waals surface area contributed by atoms with Crippen LogP contribution in [-0.4, -0.2) is 15.2 Å². The van der Waals surface area contributed by atoms with E-state index in [4.69, 9.17) is 0 Å². The molecule has 0 spiro atoms. The smallest absolute Gasteiger partial charge is 0.144 e. The minimum atomic E-state index is -1.15. The highest BCUT2D eigenvalue weighted by Crippen LogP contribution is 2.12. The van der Waals surface area contributed by atoms with Crippen molar-refractivity contribution in [2.24, 2.45) is 4.40 Å². The van der Waals surface area contributed by atoms with Crippen molar-refractivity contribution in [3.8, 4) is 0 Å². The Hall–Kier alpha value is -0.480. The molecule has 1 aromatic rings. The largest absolute Gasteiger partial charge is 0.234 e. The summed E-state index contributed by atoms with van der Waals surface area (Å²) in [5, 5.41) is 3.95. The molecule has 1 aromatic heterocycles. The maximum absolute atomic E-state index is 11.5. The molecular weight excluding hydrogens is 202 g/mol. The molecule has 13 heavy (non-hydrogen) atoms. The van der Waals surface area contributed by atoms with Crippen LogP contribution in [0.3, 0.4) is 0 Å². The molecule has 0 radical (unpaired) electrons. The Balaban J connectivity index is 2.65. The number of thiophene rings is 1. The van der Waals surface area contributed by atoms with Crippen molar-refractivity contribution >= 4 is 28.5 Å². The molecular formula is C9H13NOS2. The van der Waals surface area contributed by atoms with Gasteiger partial charge >= 0.3 is 0 Å². The second-order valence-corrected chi connectivity index (χ2v) is 6.37. The Bertz CT molecular complexity index is 309. The van der Waals surface area contributed by atoms with Gasteiger partial charge in [-0.2, -0.15) is 15.7 Å². The average Bonchev–Trinajstić information content (AvgIpc) is 2.50. The van der Waals surface area contributed by atoms with Crippen LogP contribution in [0.4, 0.5) is 0 Å². The fourth-order valence-electron chi connectivity index (χ4n) is 0.615. The second kappa shape index (κ2) is 4.15. The van der Waals surface area contributed by atoms with Crippen molar-refractivity contribution in [2.45, 2.75) is 25.5 Å². The van der Waals surface area contributed by atoms with E-state index in [0.29, 0.717) is 0 Å². The Morgan fingerprint density at radius 1 is 1.54 bits per heavy atom. The van der Waals surface area contributed by atoms with Gasteiger partial charge in [0.15, 0.2) is 0 Å². The number of rotatable bonds is 2. The van der Waals surface area contributed by atoms with E-state index in [1.807, 2.05) is 37.6 Å². The number of hydrogen-bond acceptors (Lipinski definition) is 2. The first-order valence-electron chi connectivity index (χ1n) is 3.98. The van der Waals surface area contributed by atoms with Crippen molar-refractivity contribution in [3.63, 3.8) is 0 Å². The van der Waals surface area contributed by atoms with Crippen LogP contribution in [0.15, 0.2) is 21.2 Å². The van der Waals surface area contributed by atoms with Gasteiger partial charge in [-0.1, -0.05) is 0 Å². The zero-order valence-electron chi connectivity index (χ0n) is 7.98. The van der Waals surface area contributed by atoms with Gasteiger partial charge in [0.25, 0.3) is 0 Å². The summed E-state index contributed by atoms with van der Waals surface area (Å²) in [5.41, 5.74) is 1.02. The molecule has 72 valence electrons. The van der Waals surface area contributed by atoms with Gasteiger partial charge in [-0.15, -0.1) is 0 Å². The van der Waals surface area contributed by atoms with Crippen LogP contribution in [0.5, 0.6) is 0 Å². The van der Waals surface area contributed by atoms with Crippen molar-refractivity contribution in [1.82, 2.24) is 0 Å². The molecule has 1 heterocycles. The van der Waals surface area contributed by atoms with Crippen LogP contribution in [0, 0.1) is 0 Å². The van der Waals surface area contributed by atoms with E-state index < -0.39 is 11.0 Å². The van der Waals surface area contributed by atoms with Gasteiger partial charge < -0.3 is 0 Å². The Morgan fingerprint density at radius 2 is 2.23 bits per heavy atom. The van der Waals surface area contributed by atoms with E-state index in [2.05, 4.69) is 4.40 Å². The lowest BCUT2D eigenvalue weighted by atomic mass is 10.3. The SMILES string of the molecule is CC(C)(C)[S@@](=O)N=Cc1ccsc1. The topological polar surface area (TPSA) is 29.4 Å². The summed E-state index contributed by atoms with van der Waals surface area (Å²) in [5.74, 6) is 0. The van der Waals surface area contributed by atoms with Crippen LogP contribution >= 0.6 is 11.3 Å². The lowest BCUT2D eigenvalue weighted by Crippen LogP contribution is -2.19. The fraction of sp³-hybridized carbons (Fsp3) is 0.444. The summed E-state index contributed by atoms with van der Waals surface area (Å²) in [6.45, 7) is 5.73. The normalized spacial score (nSPS) is 15.0. The van der Waals surface area contributed by atoms with E-state index in [1.165, 1.54) is 0 Å². The molecule has 4 heteroatoms. The van der Waals surface area contributed by atoms with E-state index in [0.717, 1.165) is 5.56 Å². The quantitative estimate of drug-likeness (QED) is 0.697. The van der Waals surface area contributed by atoms with Crippen LogP contribution in [0.2, 0.25) is 0 Å². The summed E-state index contributed by atoms with van der Waals surface area (Å²) in [6, 6.07) is 1.95. The highest BCUT2D eigenvalue weighted by Gasteiger charge is 2.17. The monoisotopic (exact) mass is 215 g/mol. The van der Waals surface area contributed by atoms with Crippen LogP contribution in [0.25, 0.3) is 0 Å². The molecule has 0 saturated heterocycles. The second-order valence-electron chi connectivity index (χ2n) is 3.65. The zero-order chi connectivity index (χ0) is 9.90. The van der Waals surface area contributed by atoms with Gasteiger partial charge in [0.2, 0.25) is 0 Å². The first-order valence-corrected chi connectivity index (χ1v) is 6.03. The van der Waals surface area contributed by atoms with Crippen LogP contribution in [-0.2, 0) is 11.0 Å². The summed E-state index contributed by atoms with van der Waals surface area (Å²) < 4.78 is 15.2. The van der Waals surface area contributed by atoms with Crippen LogP contribution in [0.1, 0.15) is 26.3 Å². The minimum Gasteiger partial charge on any atom is -0.234 e. The Morgan fingerprint density at radius 3 is 2.69 bits per heavy atom. The molecule has 0 bridgehead atoms.